The molecule has 0 aromatic carbocycles. The zero-order chi connectivity index (χ0) is 37.6. The normalized spacial score (nSPS) is 12.1. The number of rotatable bonds is 39. The van der Waals surface area contributed by atoms with E-state index in [4.69, 9.17) is 14.2 Å². The maximum atomic E-state index is 12.6. The molecule has 0 unspecified atom stereocenters. The molecule has 0 aliphatic rings. The Kier molecular flexibility index (Phi) is 37.0. The highest BCUT2D eigenvalue weighted by Gasteiger charge is 2.19. The molecular weight excluding hydrogens is 636 g/mol. The standard InChI is InChI=1S/C45H86O6/c1-6-7-8-23-30-35-43(46)49-38-42(51-45(48)37-32-27-22-18-17-20-25-29-34-41(4)5)39-50-44(47)36-31-26-21-16-14-12-10-9-11-13-15-19-24-28-33-40(2)3/h40-42H,6-39H2,1-5H3/t42-/m0/s1. The van der Waals surface area contributed by atoms with Crippen LogP contribution in [0.25, 0.3) is 0 Å². The van der Waals surface area contributed by atoms with Crippen LogP contribution in [0.15, 0.2) is 0 Å². The van der Waals surface area contributed by atoms with Crippen molar-refractivity contribution in [3.8, 4) is 0 Å². The Bertz CT molecular complexity index is 779. The molecule has 0 aliphatic carbocycles. The fourth-order valence-corrected chi connectivity index (χ4v) is 6.58. The van der Waals surface area contributed by atoms with Crippen LogP contribution in [0.5, 0.6) is 0 Å². The van der Waals surface area contributed by atoms with Gasteiger partial charge in [-0.2, -0.15) is 0 Å². The summed E-state index contributed by atoms with van der Waals surface area (Å²) in [6.45, 7) is 11.2. The SMILES string of the molecule is CCCCCCCC(=O)OC[C@@H](COC(=O)CCCCCCCCCCCCCCCCC(C)C)OC(=O)CCCCCCCCCCC(C)C. The molecule has 0 fully saturated rings. The molecule has 0 rings (SSSR count). The Hall–Kier alpha value is -1.59. The van der Waals surface area contributed by atoms with Gasteiger partial charge in [-0.05, 0) is 31.1 Å². The highest BCUT2D eigenvalue weighted by Crippen LogP contribution is 2.16. The van der Waals surface area contributed by atoms with Gasteiger partial charge in [0.25, 0.3) is 0 Å². The van der Waals surface area contributed by atoms with Crippen molar-refractivity contribution in [1.29, 1.82) is 0 Å². The minimum absolute atomic E-state index is 0.0662. The Labute approximate surface area is 317 Å². The predicted molar refractivity (Wildman–Crippen MR) is 215 cm³/mol. The van der Waals surface area contributed by atoms with Gasteiger partial charge < -0.3 is 14.2 Å². The van der Waals surface area contributed by atoms with Gasteiger partial charge in [-0.15, -0.1) is 0 Å². The van der Waals surface area contributed by atoms with Crippen molar-refractivity contribution in [2.24, 2.45) is 11.8 Å². The summed E-state index contributed by atoms with van der Waals surface area (Å²) in [5.74, 6) is 0.764. The first kappa shape index (κ1) is 49.4. The van der Waals surface area contributed by atoms with Crippen molar-refractivity contribution >= 4 is 17.9 Å². The second kappa shape index (κ2) is 38.1. The molecule has 6 heteroatoms. The van der Waals surface area contributed by atoms with Gasteiger partial charge in [-0.3, -0.25) is 14.4 Å². The lowest BCUT2D eigenvalue weighted by atomic mass is 10.0. The molecule has 302 valence electrons. The van der Waals surface area contributed by atoms with Crippen molar-refractivity contribution in [2.75, 3.05) is 13.2 Å². The quantitative estimate of drug-likeness (QED) is 0.0357. The lowest BCUT2D eigenvalue weighted by molar-refractivity contribution is -0.167. The van der Waals surface area contributed by atoms with Gasteiger partial charge >= 0.3 is 17.9 Å². The summed E-state index contributed by atoms with van der Waals surface area (Å²) in [4.78, 5) is 37.4. The van der Waals surface area contributed by atoms with E-state index in [-0.39, 0.29) is 31.1 Å². The van der Waals surface area contributed by atoms with Crippen molar-refractivity contribution in [3.63, 3.8) is 0 Å². The largest absolute Gasteiger partial charge is 0.462 e. The second-order valence-electron chi connectivity index (χ2n) is 16.3. The maximum Gasteiger partial charge on any atom is 0.306 e. The van der Waals surface area contributed by atoms with Crippen LogP contribution in [0.3, 0.4) is 0 Å². The molecule has 1 atom stereocenters. The molecule has 0 saturated carbocycles. The second-order valence-corrected chi connectivity index (χ2v) is 16.3. The monoisotopic (exact) mass is 723 g/mol. The van der Waals surface area contributed by atoms with Gasteiger partial charge in [0.2, 0.25) is 0 Å². The average molecular weight is 723 g/mol. The molecule has 0 heterocycles. The van der Waals surface area contributed by atoms with E-state index in [9.17, 15) is 14.4 Å². The highest BCUT2D eigenvalue weighted by molar-refractivity contribution is 5.71. The molecule has 0 amide bonds. The number of hydrogen-bond donors (Lipinski definition) is 0. The third kappa shape index (κ3) is 39.5. The van der Waals surface area contributed by atoms with Gasteiger partial charge in [-0.25, -0.2) is 0 Å². The maximum absolute atomic E-state index is 12.6. The van der Waals surface area contributed by atoms with Gasteiger partial charge in [0.05, 0.1) is 0 Å². The molecule has 0 aliphatic heterocycles. The number of hydrogen-bond acceptors (Lipinski definition) is 6. The summed E-state index contributed by atoms with van der Waals surface area (Å²) in [6, 6.07) is 0. The van der Waals surface area contributed by atoms with Gasteiger partial charge in [0.1, 0.15) is 13.2 Å². The summed E-state index contributed by atoms with van der Waals surface area (Å²) in [5, 5.41) is 0. The van der Waals surface area contributed by atoms with Crippen LogP contribution in [0.2, 0.25) is 0 Å². The van der Waals surface area contributed by atoms with Crippen LogP contribution in [-0.4, -0.2) is 37.2 Å². The molecule has 0 spiro atoms. The molecule has 6 nitrogen and oxygen atoms in total. The van der Waals surface area contributed by atoms with E-state index in [0.29, 0.717) is 19.3 Å². The Morgan fingerprint density at radius 2 is 0.647 bits per heavy atom. The minimum Gasteiger partial charge on any atom is -0.462 e. The van der Waals surface area contributed by atoms with Crippen molar-refractivity contribution in [1.82, 2.24) is 0 Å². The number of ether oxygens (including phenoxy) is 3. The summed E-state index contributed by atoms with van der Waals surface area (Å²) in [6.07, 6.45) is 35.5. The Morgan fingerprint density at radius 3 is 0.961 bits per heavy atom. The van der Waals surface area contributed by atoms with Gasteiger partial charge in [-0.1, -0.05) is 202 Å². The zero-order valence-electron chi connectivity index (χ0n) is 34.7. The van der Waals surface area contributed by atoms with Crippen LogP contribution in [-0.2, 0) is 28.6 Å². The molecule has 0 aromatic rings. The van der Waals surface area contributed by atoms with Crippen LogP contribution in [0.4, 0.5) is 0 Å². The van der Waals surface area contributed by atoms with E-state index in [1.165, 1.54) is 122 Å². The molecule has 51 heavy (non-hydrogen) atoms. The van der Waals surface area contributed by atoms with Gasteiger partial charge in [0, 0.05) is 19.3 Å². The molecule has 0 N–H and O–H groups in total. The van der Waals surface area contributed by atoms with Crippen LogP contribution < -0.4 is 0 Å². The Morgan fingerprint density at radius 1 is 0.373 bits per heavy atom. The summed E-state index contributed by atoms with van der Waals surface area (Å²) in [7, 11) is 0. The molecule has 0 radical (unpaired) electrons. The zero-order valence-corrected chi connectivity index (χ0v) is 34.7. The van der Waals surface area contributed by atoms with Crippen LogP contribution in [0, 0.1) is 11.8 Å². The van der Waals surface area contributed by atoms with Crippen molar-refractivity contribution in [2.45, 2.75) is 246 Å². The van der Waals surface area contributed by atoms with Crippen molar-refractivity contribution in [3.05, 3.63) is 0 Å². The van der Waals surface area contributed by atoms with Crippen LogP contribution >= 0.6 is 0 Å². The lowest BCUT2D eigenvalue weighted by Crippen LogP contribution is -2.30. The van der Waals surface area contributed by atoms with Crippen LogP contribution in [0.1, 0.15) is 240 Å². The van der Waals surface area contributed by atoms with E-state index in [1.54, 1.807) is 0 Å². The van der Waals surface area contributed by atoms with E-state index in [1.807, 2.05) is 0 Å². The molecule has 0 aromatic heterocycles. The highest BCUT2D eigenvalue weighted by atomic mass is 16.6. The third-order valence-corrected chi connectivity index (χ3v) is 9.97. The van der Waals surface area contributed by atoms with E-state index in [0.717, 1.165) is 76.0 Å². The first-order chi connectivity index (χ1) is 24.7. The third-order valence-electron chi connectivity index (χ3n) is 9.97. The number of carbonyl (C=O) groups is 3. The van der Waals surface area contributed by atoms with E-state index < -0.39 is 6.10 Å². The number of carbonyl (C=O) groups excluding carboxylic acids is 3. The smallest absolute Gasteiger partial charge is 0.306 e. The van der Waals surface area contributed by atoms with Crippen molar-refractivity contribution < 1.29 is 28.6 Å². The molecule has 0 bridgehead atoms. The van der Waals surface area contributed by atoms with E-state index in [2.05, 4.69) is 34.6 Å². The fourth-order valence-electron chi connectivity index (χ4n) is 6.58. The van der Waals surface area contributed by atoms with E-state index >= 15 is 0 Å². The topological polar surface area (TPSA) is 78.9 Å². The number of unbranched alkanes of at least 4 members (excludes halogenated alkanes) is 24. The lowest BCUT2D eigenvalue weighted by Gasteiger charge is -2.18. The summed E-state index contributed by atoms with van der Waals surface area (Å²) in [5.41, 5.74) is 0. The summed E-state index contributed by atoms with van der Waals surface area (Å²) >= 11 is 0. The average Bonchev–Trinajstić information content (AvgIpc) is 3.09. The molecule has 0 saturated heterocycles. The van der Waals surface area contributed by atoms with Gasteiger partial charge in [0.15, 0.2) is 6.10 Å². The summed E-state index contributed by atoms with van der Waals surface area (Å²) < 4.78 is 16.6. The Balaban J connectivity index is 4.15. The predicted octanol–water partition coefficient (Wildman–Crippen LogP) is 13.8. The number of esters is 3. The first-order valence-electron chi connectivity index (χ1n) is 22.2. The first-order valence-corrected chi connectivity index (χ1v) is 22.2. The minimum atomic E-state index is -0.758. The molecular formula is C45H86O6. The fraction of sp³-hybridized carbons (Fsp3) is 0.933.